The highest BCUT2D eigenvalue weighted by Crippen LogP contribution is 2.35. The van der Waals surface area contributed by atoms with Crippen LogP contribution in [-0.4, -0.2) is 35.0 Å². The second-order valence-electron chi connectivity index (χ2n) is 6.84. The van der Waals surface area contributed by atoms with Gasteiger partial charge in [0.25, 0.3) is 0 Å². The summed E-state index contributed by atoms with van der Waals surface area (Å²) in [5.41, 5.74) is -0.713. The second-order valence-corrected chi connectivity index (χ2v) is 6.84. The molecule has 1 N–H and O–H groups in total. The quantitative estimate of drug-likeness (QED) is 0.867. The van der Waals surface area contributed by atoms with E-state index in [1.807, 2.05) is 11.8 Å². The zero-order valence-electron chi connectivity index (χ0n) is 13.3. The minimum absolute atomic E-state index is 0.131. The molecule has 2 rings (SSSR count). The van der Waals surface area contributed by atoms with Gasteiger partial charge in [-0.15, -0.1) is 0 Å². The third-order valence-electron chi connectivity index (χ3n) is 5.47. The average Bonchev–Trinajstić information content (AvgIpc) is 2.46. The topological polar surface area (TPSA) is 57.6 Å². The monoisotopic (exact) mass is 295 g/mol. The van der Waals surface area contributed by atoms with Gasteiger partial charge in [0.05, 0.1) is 5.41 Å². The molecule has 0 radical (unpaired) electrons. The van der Waals surface area contributed by atoms with E-state index >= 15 is 0 Å². The van der Waals surface area contributed by atoms with Crippen LogP contribution < -0.4 is 0 Å². The Kier molecular flexibility index (Phi) is 5.65. The van der Waals surface area contributed by atoms with E-state index in [1.165, 1.54) is 19.3 Å². The fourth-order valence-electron chi connectivity index (χ4n) is 3.90. The molecule has 2 aliphatic rings. The molecule has 1 aliphatic carbocycles. The van der Waals surface area contributed by atoms with Crippen molar-refractivity contribution in [3.8, 4) is 0 Å². The number of hydrogen-bond acceptors (Lipinski definition) is 2. The fourth-order valence-corrected chi connectivity index (χ4v) is 3.90. The third kappa shape index (κ3) is 3.78. The number of carboxylic acids is 1. The van der Waals surface area contributed by atoms with Crippen molar-refractivity contribution in [2.75, 3.05) is 13.1 Å². The van der Waals surface area contributed by atoms with Crippen molar-refractivity contribution in [2.45, 2.75) is 71.1 Å². The molecular weight excluding hydrogens is 266 g/mol. The predicted octanol–water partition coefficient (Wildman–Crippen LogP) is 3.45. The number of hydrogen-bond donors (Lipinski definition) is 1. The van der Waals surface area contributed by atoms with Crippen LogP contribution in [0.25, 0.3) is 0 Å². The predicted molar refractivity (Wildman–Crippen MR) is 82.0 cm³/mol. The summed E-state index contributed by atoms with van der Waals surface area (Å²) < 4.78 is 0. The maximum atomic E-state index is 12.8. The Morgan fingerprint density at radius 3 is 2.29 bits per heavy atom. The molecule has 1 atom stereocenters. The number of aliphatic carboxylic acids is 1. The largest absolute Gasteiger partial charge is 0.481 e. The number of carboxylic acid groups (broad SMARTS) is 1. The number of carbonyl (C=O) groups is 2. The van der Waals surface area contributed by atoms with Gasteiger partial charge in [-0.05, 0) is 32.1 Å². The van der Waals surface area contributed by atoms with E-state index in [0.29, 0.717) is 19.4 Å². The average molecular weight is 295 g/mol. The van der Waals surface area contributed by atoms with Gasteiger partial charge in [0.1, 0.15) is 0 Å². The lowest BCUT2D eigenvalue weighted by Crippen LogP contribution is -2.51. The lowest BCUT2D eigenvalue weighted by atomic mass is 9.77. The van der Waals surface area contributed by atoms with Crippen LogP contribution in [0.1, 0.15) is 71.1 Å². The second kappa shape index (κ2) is 7.28. The number of nitrogens with zero attached hydrogens (tertiary/aromatic N) is 1. The third-order valence-corrected chi connectivity index (χ3v) is 5.47. The molecule has 21 heavy (non-hydrogen) atoms. The summed E-state index contributed by atoms with van der Waals surface area (Å²) in [5.74, 6) is -0.386. The summed E-state index contributed by atoms with van der Waals surface area (Å²) in [6, 6.07) is 0. The van der Waals surface area contributed by atoms with Crippen LogP contribution in [0.2, 0.25) is 0 Å². The highest BCUT2D eigenvalue weighted by atomic mass is 16.4. The van der Waals surface area contributed by atoms with E-state index in [9.17, 15) is 14.7 Å². The molecule has 1 amide bonds. The molecule has 0 aromatic rings. The Morgan fingerprint density at radius 2 is 1.71 bits per heavy atom. The molecule has 1 aliphatic heterocycles. The van der Waals surface area contributed by atoms with E-state index in [-0.39, 0.29) is 11.8 Å². The van der Waals surface area contributed by atoms with Crippen molar-refractivity contribution >= 4 is 11.9 Å². The Hall–Kier alpha value is -1.06. The highest BCUT2D eigenvalue weighted by Gasteiger charge is 2.42. The molecule has 2 fully saturated rings. The fraction of sp³-hybridized carbons (Fsp3) is 0.882. The van der Waals surface area contributed by atoms with E-state index < -0.39 is 11.4 Å². The Bertz CT molecular complexity index is 374. The Labute approximate surface area is 127 Å². The van der Waals surface area contributed by atoms with Crippen LogP contribution in [0.15, 0.2) is 0 Å². The minimum atomic E-state index is -0.736. The van der Waals surface area contributed by atoms with Gasteiger partial charge in [-0.2, -0.15) is 0 Å². The van der Waals surface area contributed by atoms with Gasteiger partial charge in [0.15, 0.2) is 0 Å². The van der Waals surface area contributed by atoms with Crippen molar-refractivity contribution in [1.29, 1.82) is 0 Å². The normalized spacial score (nSPS) is 28.7. The van der Waals surface area contributed by atoms with Crippen LogP contribution in [0.3, 0.4) is 0 Å². The number of rotatable bonds is 3. The van der Waals surface area contributed by atoms with Gasteiger partial charge in [-0.1, -0.05) is 39.0 Å². The number of carbonyl (C=O) groups excluding carboxylic acids is 1. The minimum Gasteiger partial charge on any atom is -0.481 e. The zero-order chi connectivity index (χ0) is 15.3. The van der Waals surface area contributed by atoms with Crippen LogP contribution in [0.5, 0.6) is 0 Å². The molecule has 0 spiro atoms. The molecule has 4 nitrogen and oxygen atoms in total. The van der Waals surface area contributed by atoms with Gasteiger partial charge < -0.3 is 10.0 Å². The lowest BCUT2D eigenvalue weighted by molar-refractivity contribution is -0.156. The maximum Gasteiger partial charge on any atom is 0.311 e. The lowest BCUT2D eigenvalue weighted by Gasteiger charge is -2.41. The highest BCUT2D eigenvalue weighted by molar-refractivity contribution is 5.81. The summed E-state index contributed by atoms with van der Waals surface area (Å²) in [4.78, 5) is 26.2. The molecule has 1 unspecified atom stereocenters. The SMILES string of the molecule is CCC1(C(=O)O)CCCN(C(=O)C2CCCCCCC2)C1. The van der Waals surface area contributed by atoms with Crippen molar-refractivity contribution in [2.24, 2.45) is 11.3 Å². The van der Waals surface area contributed by atoms with Crippen LogP contribution >= 0.6 is 0 Å². The van der Waals surface area contributed by atoms with E-state index in [0.717, 1.165) is 38.6 Å². The van der Waals surface area contributed by atoms with Crippen LogP contribution in [-0.2, 0) is 9.59 Å². The molecule has 1 heterocycles. The first-order valence-corrected chi connectivity index (χ1v) is 8.61. The Morgan fingerprint density at radius 1 is 1.10 bits per heavy atom. The number of piperidine rings is 1. The van der Waals surface area contributed by atoms with Gasteiger partial charge in [0.2, 0.25) is 5.91 Å². The maximum absolute atomic E-state index is 12.8. The molecule has 120 valence electrons. The smallest absolute Gasteiger partial charge is 0.311 e. The van der Waals surface area contributed by atoms with Crippen LogP contribution in [0.4, 0.5) is 0 Å². The molecule has 4 heteroatoms. The van der Waals surface area contributed by atoms with Gasteiger partial charge in [-0.25, -0.2) is 0 Å². The summed E-state index contributed by atoms with van der Waals surface area (Å²) in [6.45, 7) is 3.08. The first-order chi connectivity index (χ1) is 10.1. The summed E-state index contributed by atoms with van der Waals surface area (Å²) in [6.07, 6.45) is 10.1. The molecule has 1 saturated heterocycles. The molecule has 0 bridgehead atoms. The van der Waals surface area contributed by atoms with Gasteiger partial charge in [-0.3, -0.25) is 9.59 Å². The molecular formula is C17H29NO3. The first kappa shape index (κ1) is 16.3. The molecule has 0 aromatic carbocycles. The van der Waals surface area contributed by atoms with E-state index in [2.05, 4.69) is 0 Å². The van der Waals surface area contributed by atoms with E-state index in [1.54, 1.807) is 0 Å². The summed E-state index contributed by atoms with van der Waals surface area (Å²) >= 11 is 0. The first-order valence-electron chi connectivity index (χ1n) is 8.61. The van der Waals surface area contributed by atoms with Crippen molar-refractivity contribution in [3.05, 3.63) is 0 Å². The van der Waals surface area contributed by atoms with Gasteiger partial charge in [0, 0.05) is 19.0 Å². The van der Waals surface area contributed by atoms with Crippen LogP contribution in [0, 0.1) is 11.3 Å². The van der Waals surface area contributed by atoms with Crippen molar-refractivity contribution in [3.63, 3.8) is 0 Å². The Balaban J connectivity index is 2.02. The molecule has 1 saturated carbocycles. The standard InChI is InChI=1S/C17H29NO3/c1-2-17(16(20)21)11-8-12-18(13-17)15(19)14-9-6-4-3-5-7-10-14/h14H,2-13H2,1H3,(H,20,21). The van der Waals surface area contributed by atoms with Gasteiger partial charge >= 0.3 is 5.97 Å². The number of amides is 1. The summed E-state index contributed by atoms with van der Waals surface area (Å²) in [5, 5.41) is 9.54. The van der Waals surface area contributed by atoms with Crippen molar-refractivity contribution in [1.82, 2.24) is 4.90 Å². The zero-order valence-corrected chi connectivity index (χ0v) is 13.3. The number of likely N-dealkylation sites (tertiary alicyclic amines) is 1. The van der Waals surface area contributed by atoms with Crippen molar-refractivity contribution < 1.29 is 14.7 Å². The van der Waals surface area contributed by atoms with E-state index in [4.69, 9.17) is 0 Å². The summed E-state index contributed by atoms with van der Waals surface area (Å²) in [7, 11) is 0. The molecule has 0 aromatic heterocycles.